The third-order valence-electron chi connectivity index (χ3n) is 2.93. The zero-order valence-electron chi connectivity index (χ0n) is 9.56. The molecule has 0 bridgehead atoms. The van der Waals surface area contributed by atoms with Crippen LogP contribution in [0.15, 0.2) is 24.4 Å². The van der Waals surface area contributed by atoms with Crippen LogP contribution in [0.4, 0.5) is 0 Å². The van der Waals surface area contributed by atoms with Crippen molar-refractivity contribution in [3.05, 3.63) is 30.1 Å². The number of Topliss-reactive ketones (excluding diaryl/α,β-unsaturated/α-hetero) is 2. The molecule has 0 unspecified atom stereocenters. The van der Waals surface area contributed by atoms with Gasteiger partial charge in [-0.3, -0.25) is 14.6 Å². The Morgan fingerprint density at radius 2 is 1.76 bits per heavy atom. The van der Waals surface area contributed by atoms with Crippen LogP contribution in [-0.2, 0) is 9.59 Å². The molecule has 0 spiro atoms. The molecule has 17 heavy (non-hydrogen) atoms. The average molecular weight is 241 g/mol. The summed E-state index contributed by atoms with van der Waals surface area (Å²) in [6.45, 7) is 3.91. The first kappa shape index (κ1) is 14.6. The Balaban J connectivity index is 0.00000144. The summed E-state index contributed by atoms with van der Waals surface area (Å²) in [7, 11) is 0. The van der Waals surface area contributed by atoms with Crippen LogP contribution < -0.4 is 0 Å². The van der Waals surface area contributed by atoms with Crippen LogP contribution in [-0.4, -0.2) is 46.1 Å². The summed E-state index contributed by atoms with van der Waals surface area (Å²) in [5.41, 5.74) is 0.396. The third-order valence-corrected chi connectivity index (χ3v) is 2.93. The van der Waals surface area contributed by atoms with E-state index in [-0.39, 0.29) is 46.5 Å². The standard InChI is InChI=1S/C13H15NO2.Na.H/c1-13(2)7-10(15)12(11(16)8-13)9-5-3-4-6-14-9;;/h3-6,12H,7-8H2,1-2H3;;. The Morgan fingerprint density at radius 3 is 2.24 bits per heavy atom. The first-order valence-electron chi connectivity index (χ1n) is 5.46. The number of carbonyl (C=O) groups excluding carboxylic acids is 2. The molecule has 0 atom stereocenters. The van der Waals surface area contributed by atoms with E-state index in [1.807, 2.05) is 19.9 Å². The first-order chi connectivity index (χ1) is 7.49. The molecule has 1 fully saturated rings. The van der Waals surface area contributed by atoms with Gasteiger partial charge in [0.2, 0.25) is 0 Å². The van der Waals surface area contributed by atoms with Crippen molar-refractivity contribution in [2.45, 2.75) is 32.6 Å². The van der Waals surface area contributed by atoms with E-state index in [1.165, 1.54) is 0 Å². The molecule has 0 N–H and O–H groups in total. The molecular weight excluding hydrogens is 225 g/mol. The van der Waals surface area contributed by atoms with Gasteiger partial charge in [-0.05, 0) is 17.5 Å². The normalized spacial score (nSPS) is 19.9. The van der Waals surface area contributed by atoms with E-state index in [2.05, 4.69) is 4.98 Å². The Kier molecular flexibility index (Phi) is 4.64. The van der Waals surface area contributed by atoms with Crippen molar-refractivity contribution in [3.8, 4) is 0 Å². The predicted molar refractivity (Wildman–Crippen MR) is 67.2 cm³/mol. The van der Waals surface area contributed by atoms with E-state index < -0.39 is 5.92 Å². The zero-order chi connectivity index (χ0) is 11.8. The molecule has 1 aromatic heterocycles. The van der Waals surface area contributed by atoms with Crippen molar-refractivity contribution < 1.29 is 9.59 Å². The minimum atomic E-state index is -0.630. The van der Waals surface area contributed by atoms with Crippen molar-refractivity contribution in [2.24, 2.45) is 5.41 Å². The summed E-state index contributed by atoms with van der Waals surface area (Å²) in [6, 6.07) is 5.34. The van der Waals surface area contributed by atoms with Crippen LogP contribution in [0.1, 0.15) is 38.3 Å². The molecule has 3 nitrogen and oxygen atoms in total. The first-order valence-corrected chi connectivity index (χ1v) is 5.46. The van der Waals surface area contributed by atoms with Gasteiger partial charge >= 0.3 is 29.6 Å². The molecule has 2 rings (SSSR count). The van der Waals surface area contributed by atoms with E-state index in [1.54, 1.807) is 18.3 Å². The second kappa shape index (κ2) is 5.42. The summed E-state index contributed by atoms with van der Waals surface area (Å²) in [6.07, 6.45) is 2.54. The van der Waals surface area contributed by atoms with Crippen LogP contribution in [0.25, 0.3) is 0 Å². The van der Waals surface area contributed by atoms with Crippen molar-refractivity contribution in [3.63, 3.8) is 0 Å². The molecule has 86 valence electrons. The molecule has 4 heteroatoms. The second-order valence-electron chi connectivity index (χ2n) is 5.14. The van der Waals surface area contributed by atoms with Gasteiger partial charge < -0.3 is 0 Å². The van der Waals surface area contributed by atoms with E-state index >= 15 is 0 Å². The predicted octanol–water partition coefficient (Wildman–Crippen LogP) is 1.47. The number of aromatic nitrogens is 1. The van der Waals surface area contributed by atoms with E-state index in [4.69, 9.17) is 0 Å². The number of carbonyl (C=O) groups is 2. The van der Waals surface area contributed by atoms with E-state index in [0.717, 1.165) is 0 Å². The minimum absolute atomic E-state index is 0. The molecule has 0 aliphatic heterocycles. The molecule has 0 amide bonds. The fourth-order valence-electron chi connectivity index (χ4n) is 2.27. The van der Waals surface area contributed by atoms with Crippen LogP contribution in [0.2, 0.25) is 0 Å². The van der Waals surface area contributed by atoms with Gasteiger partial charge in [-0.2, -0.15) is 0 Å². The van der Waals surface area contributed by atoms with Gasteiger partial charge in [0.05, 0.1) is 5.69 Å². The van der Waals surface area contributed by atoms with Crippen molar-refractivity contribution in [1.29, 1.82) is 0 Å². The van der Waals surface area contributed by atoms with Crippen LogP contribution in [0.3, 0.4) is 0 Å². The summed E-state index contributed by atoms with van der Waals surface area (Å²) < 4.78 is 0. The Bertz CT molecular complexity index is 408. The molecule has 0 aromatic carbocycles. The van der Waals surface area contributed by atoms with Gasteiger partial charge in [0.25, 0.3) is 0 Å². The molecule has 1 heterocycles. The summed E-state index contributed by atoms with van der Waals surface area (Å²) in [4.78, 5) is 28.0. The number of rotatable bonds is 1. The fraction of sp³-hybridized carbons (Fsp3) is 0.462. The van der Waals surface area contributed by atoms with Gasteiger partial charge in [0.15, 0.2) is 0 Å². The molecular formula is C13H16NNaO2. The maximum atomic E-state index is 12.0. The van der Waals surface area contributed by atoms with Gasteiger partial charge in [0.1, 0.15) is 17.5 Å². The van der Waals surface area contributed by atoms with Crippen molar-refractivity contribution in [1.82, 2.24) is 4.98 Å². The number of hydrogen-bond acceptors (Lipinski definition) is 3. The summed E-state index contributed by atoms with van der Waals surface area (Å²) in [5.74, 6) is -0.630. The summed E-state index contributed by atoms with van der Waals surface area (Å²) >= 11 is 0. The average Bonchev–Trinajstić information content (AvgIpc) is 2.16. The van der Waals surface area contributed by atoms with Crippen LogP contribution in [0.5, 0.6) is 0 Å². The van der Waals surface area contributed by atoms with Crippen molar-refractivity contribution >= 4 is 41.1 Å². The third kappa shape index (κ3) is 3.24. The van der Waals surface area contributed by atoms with Gasteiger partial charge in [-0.15, -0.1) is 0 Å². The Labute approximate surface area is 123 Å². The zero-order valence-corrected chi connectivity index (χ0v) is 9.56. The Hall–Kier alpha value is -0.510. The fourth-order valence-corrected chi connectivity index (χ4v) is 2.27. The quantitative estimate of drug-likeness (QED) is 0.552. The van der Waals surface area contributed by atoms with Gasteiger partial charge in [-0.25, -0.2) is 0 Å². The topological polar surface area (TPSA) is 47.0 Å². The molecule has 1 saturated carbocycles. The summed E-state index contributed by atoms with van der Waals surface area (Å²) in [5, 5.41) is 0. The van der Waals surface area contributed by atoms with E-state index in [9.17, 15) is 9.59 Å². The maximum absolute atomic E-state index is 12.0. The number of nitrogens with zero attached hydrogens (tertiary/aromatic N) is 1. The molecule has 0 radical (unpaired) electrons. The molecule has 1 aromatic rings. The van der Waals surface area contributed by atoms with Crippen LogP contribution >= 0.6 is 0 Å². The molecule has 0 saturated heterocycles. The van der Waals surface area contributed by atoms with Gasteiger partial charge in [0, 0.05) is 19.0 Å². The molecule has 1 aliphatic rings. The molecule has 1 aliphatic carbocycles. The SMILES string of the molecule is CC1(C)CC(=O)C(c2ccccn2)C(=O)C1.[NaH]. The van der Waals surface area contributed by atoms with Crippen molar-refractivity contribution in [2.75, 3.05) is 0 Å². The van der Waals surface area contributed by atoms with E-state index in [0.29, 0.717) is 18.5 Å². The number of ketones is 2. The second-order valence-corrected chi connectivity index (χ2v) is 5.14. The van der Waals surface area contributed by atoms with Gasteiger partial charge in [-0.1, -0.05) is 19.9 Å². The monoisotopic (exact) mass is 241 g/mol. The Morgan fingerprint density at radius 1 is 1.18 bits per heavy atom. The number of hydrogen-bond donors (Lipinski definition) is 0. The van der Waals surface area contributed by atoms with Crippen LogP contribution in [0, 0.1) is 5.41 Å². The number of pyridine rings is 1.